The van der Waals surface area contributed by atoms with Gasteiger partial charge in [0.25, 0.3) is 0 Å². The summed E-state index contributed by atoms with van der Waals surface area (Å²) in [5, 5.41) is 2.87. The summed E-state index contributed by atoms with van der Waals surface area (Å²) in [4.78, 5) is 12.2. The largest absolute Gasteiger partial charge is 0.493 e. The van der Waals surface area contributed by atoms with Gasteiger partial charge in [-0.15, -0.1) is 0 Å². The van der Waals surface area contributed by atoms with Gasteiger partial charge in [-0.05, 0) is 64.6 Å². The van der Waals surface area contributed by atoms with E-state index >= 15 is 0 Å². The lowest BCUT2D eigenvalue weighted by Crippen LogP contribution is -2.14. The monoisotopic (exact) mass is 427 g/mol. The molecule has 0 saturated heterocycles. The molecule has 0 aliphatic carbocycles. The molecule has 0 aliphatic rings. The van der Waals surface area contributed by atoms with Crippen LogP contribution < -0.4 is 19.5 Å². The highest BCUT2D eigenvalue weighted by Gasteiger charge is 2.15. The Morgan fingerprint density at radius 3 is 2.04 bits per heavy atom. The second kappa shape index (κ2) is 8.05. The van der Waals surface area contributed by atoms with Crippen molar-refractivity contribution in [2.45, 2.75) is 6.42 Å². The van der Waals surface area contributed by atoms with Crippen LogP contribution in [-0.2, 0) is 11.2 Å². The fourth-order valence-electron chi connectivity index (χ4n) is 2.16. The lowest BCUT2D eigenvalue weighted by molar-refractivity contribution is -0.115. The van der Waals surface area contributed by atoms with Gasteiger partial charge in [0.15, 0.2) is 11.5 Å². The first-order valence-electron chi connectivity index (χ1n) is 6.91. The van der Waals surface area contributed by atoms with E-state index in [2.05, 4.69) is 27.9 Å². The summed E-state index contributed by atoms with van der Waals surface area (Å²) >= 11 is 2.22. The van der Waals surface area contributed by atoms with Gasteiger partial charge in [-0.25, -0.2) is 0 Å². The molecular formula is C17H18INO4. The molecule has 5 nitrogen and oxygen atoms in total. The minimum Gasteiger partial charge on any atom is -0.493 e. The Morgan fingerprint density at radius 2 is 1.57 bits per heavy atom. The number of benzene rings is 2. The van der Waals surface area contributed by atoms with Crippen molar-refractivity contribution in [1.82, 2.24) is 0 Å². The first kappa shape index (κ1) is 17.4. The number of amides is 1. The minimum atomic E-state index is -0.111. The molecule has 0 aromatic heterocycles. The molecule has 0 bridgehead atoms. The standard InChI is InChI=1S/C17H18INO4/c1-21-14-8-11(9-15(22-2)17(14)23-3)10-16(20)19-13-6-4-12(18)5-7-13/h4-9H,10H2,1-3H3,(H,19,20). The van der Waals surface area contributed by atoms with Crippen molar-refractivity contribution in [1.29, 1.82) is 0 Å². The molecule has 0 unspecified atom stereocenters. The van der Waals surface area contributed by atoms with Crippen molar-refractivity contribution in [2.75, 3.05) is 26.6 Å². The summed E-state index contributed by atoms with van der Waals surface area (Å²) in [6.07, 6.45) is 0.211. The maximum absolute atomic E-state index is 12.2. The summed E-state index contributed by atoms with van der Waals surface area (Å²) in [6.45, 7) is 0. The van der Waals surface area contributed by atoms with E-state index in [1.54, 1.807) is 33.5 Å². The van der Waals surface area contributed by atoms with E-state index in [-0.39, 0.29) is 12.3 Å². The van der Waals surface area contributed by atoms with E-state index in [1.807, 2.05) is 24.3 Å². The van der Waals surface area contributed by atoms with Gasteiger partial charge in [-0.1, -0.05) is 0 Å². The van der Waals surface area contributed by atoms with Crippen molar-refractivity contribution < 1.29 is 19.0 Å². The fourth-order valence-corrected chi connectivity index (χ4v) is 2.52. The number of nitrogens with one attached hydrogen (secondary N) is 1. The smallest absolute Gasteiger partial charge is 0.228 e. The lowest BCUT2D eigenvalue weighted by atomic mass is 10.1. The van der Waals surface area contributed by atoms with E-state index in [9.17, 15) is 4.79 Å². The molecule has 1 N–H and O–H groups in total. The highest BCUT2D eigenvalue weighted by molar-refractivity contribution is 14.1. The van der Waals surface area contributed by atoms with Gasteiger partial charge in [0.05, 0.1) is 27.8 Å². The number of halogens is 1. The molecule has 1 amide bonds. The van der Waals surface area contributed by atoms with Gasteiger partial charge in [-0.2, -0.15) is 0 Å². The molecule has 0 atom stereocenters. The van der Waals surface area contributed by atoms with Crippen LogP contribution in [0.3, 0.4) is 0 Å². The van der Waals surface area contributed by atoms with E-state index in [4.69, 9.17) is 14.2 Å². The second-order valence-corrected chi connectivity index (χ2v) is 6.01. The summed E-state index contributed by atoms with van der Waals surface area (Å²) in [6, 6.07) is 11.2. The molecule has 0 radical (unpaired) electrons. The Labute approximate surface area is 149 Å². The summed E-state index contributed by atoms with van der Waals surface area (Å²) in [5.41, 5.74) is 1.55. The van der Waals surface area contributed by atoms with E-state index in [1.165, 1.54) is 0 Å². The third kappa shape index (κ3) is 4.51. The normalized spacial score (nSPS) is 10.1. The van der Waals surface area contributed by atoms with Gasteiger partial charge in [0.2, 0.25) is 11.7 Å². The summed E-state index contributed by atoms with van der Waals surface area (Å²) < 4.78 is 17.0. The quantitative estimate of drug-likeness (QED) is 0.718. The number of methoxy groups -OCH3 is 3. The van der Waals surface area contributed by atoms with Crippen molar-refractivity contribution in [3.63, 3.8) is 0 Å². The van der Waals surface area contributed by atoms with Gasteiger partial charge in [0.1, 0.15) is 0 Å². The zero-order valence-electron chi connectivity index (χ0n) is 13.2. The van der Waals surface area contributed by atoms with Crippen LogP contribution in [0.15, 0.2) is 36.4 Å². The first-order valence-corrected chi connectivity index (χ1v) is 7.99. The number of carbonyl (C=O) groups excluding carboxylic acids is 1. The molecule has 0 aliphatic heterocycles. The first-order chi connectivity index (χ1) is 11.1. The molecule has 0 fully saturated rings. The van der Waals surface area contributed by atoms with Gasteiger partial charge in [0, 0.05) is 9.26 Å². The molecule has 0 saturated carbocycles. The Balaban J connectivity index is 2.15. The Kier molecular flexibility index (Phi) is 6.09. The zero-order valence-corrected chi connectivity index (χ0v) is 15.3. The Bertz CT molecular complexity index is 660. The molecule has 0 spiro atoms. The fraction of sp³-hybridized carbons (Fsp3) is 0.235. The molecule has 2 rings (SSSR count). The number of hydrogen-bond acceptors (Lipinski definition) is 4. The van der Waals surface area contributed by atoms with Crippen LogP contribution in [0, 0.1) is 3.57 Å². The van der Waals surface area contributed by atoms with Crippen LogP contribution in [-0.4, -0.2) is 27.2 Å². The van der Waals surface area contributed by atoms with Crippen molar-refractivity contribution in [3.8, 4) is 17.2 Å². The molecular weight excluding hydrogens is 409 g/mol. The lowest BCUT2D eigenvalue weighted by Gasteiger charge is -2.14. The SMILES string of the molecule is COc1cc(CC(=O)Nc2ccc(I)cc2)cc(OC)c1OC. The molecule has 122 valence electrons. The minimum absolute atomic E-state index is 0.111. The molecule has 2 aromatic rings. The highest BCUT2D eigenvalue weighted by Crippen LogP contribution is 2.38. The molecule has 23 heavy (non-hydrogen) atoms. The number of ether oxygens (including phenoxy) is 3. The zero-order chi connectivity index (χ0) is 16.8. The third-order valence-electron chi connectivity index (χ3n) is 3.22. The van der Waals surface area contributed by atoms with Gasteiger partial charge < -0.3 is 19.5 Å². The van der Waals surface area contributed by atoms with Crippen LogP contribution in [0.5, 0.6) is 17.2 Å². The molecule has 6 heteroatoms. The van der Waals surface area contributed by atoms with Crippen LogP contribution in [0.1, 0.15) is 5.56 Å². The summed E-state index contributed by atoms with van der Waals surface area (Å²) in [5.74, 6) is 1.46. The van der Waals surface area contributed by atoms with Crippen molar-refractivity contribution in [3.05, 3.63) is 45.5 Å². The third-order valence-corrected chi connectivity index (χ3v) is 3.94. The predicted octanol–water partition coefficient (Wildman–Crippen LogP) is 3.50. The van der Waals surface area contributed by atoms with Crippen LogP contribution in [0.4, 0.5) is 5.69 Å². The second-order valence-electron chi connectivity index (χ2n) is 4.77. The number of rotatable bonds is 6. The van der Waals surface area contributed by atoms with Crippen LogP contribution >= 0.6 is 22.6 Å². The maximum Gasteiger partial charge on any atom is 0.228 e. The van der Waals surface area contributed by atoms with Crippen LogP contribution in [0.2, 0.25) is 0 Å². The molecule has 2 aromatic carbocycles. The van der Waals surface area contributed by atoms with Crippen molar-refractivity contribution in [2.24, 2.45) is 0 Å². The Hall–Kier alpha value is -1.96. The maximum atomic E-state index is 12.2. The van der Waals surface area contributed by atoms with E-state index in [0.717, 1.165) is 14.8 Å². The molecule has 0 heterocycles. The number of anilines is 1. The van der Waals surface area contributed by atoms with Crippen LogP contribution in [0.25, 0.3) is 0 Å². The highest BCUT2D eigenvalue weighted by atomic mass is 127. The number of hydrogen-bond donors (Lipinski definition) is 1. The van der Waals surface area contributed by atoms with Crippen molar-refractivity contribution >= 4 is 34.2 Å². The van der Waals surface area contributed by atoms with Gasteiger partial charge >= 0.3 is 0 Å². The Morgan fingerprint density at radius 1 is 1.00 bits per heavy atom. The average molecular weight is 427 g/mol. The number of carbonyl (C=O) groups is 1. The van der Waals surface area contributed by atoms with Gasteiger partial charge in [-0.3, -0.25) is 4.79 Å². The predicted molar refractivity (Wildman–Crippen MR) is 97.6 cm³/mol. The summed E-state index contributed by atoms with van der Waals surface area (Å²) in [7, 11) is 4.64. The topological polar surface area (TPSA) is 56.8 Å². The average Bonchev–Trinajstić information content (AvgIpc) is 2.55. The van der Waals surface area contributed by atoms with E-state index < -0.39 is 0 Å². The van der Waals surface area contributed by atoms with E-state index in [0.29, 0.717) is 17.2 Å².